The molecule has 0 fully saturated rings. The number of benzene rings is 2. The molecule has 3 rings (SSSR count). The van der Waals surface area contributed by atoms with E-state index >= 15 is 0 Å². The number of methoxy groups -OCH3 is 1. The van der Waals surface area contributed by atoms with Crippen LogP contribution in [0.15, 0.2) is 53.7 Å². The summed E-state index contributed by atoms with van der Waals surface area (Å²) in [6.45, 7) is 1.69. The lowest BCUT2D eigenvalue weighted by Crippen LogP contribution is -2.45. The predicted molar refractivity (Wildman–Crippen MR) is 102 cm³/mol. The van der Waals surface area contributed by atoms with Gasteiger partial charge in [0.2, 0.25) is 0 Å². The van der Waals surface area contributed by atoms with Gasteiger partial charge in [0.25, 0.3) is 5.91 Å². The number of nitrogens with one attached hydrogen (secondary N) is 3. The quantitative estimate of drug-likeness (QED) is 0.700. The molecule has 8 heteroatoms. The van der Waals surface area contributed by atoms with E-state index in [4.69, 9.17) is 17.0 Å². The van der Waals surface area contributed by atoms with Crippen molar-refractivity contribution < 1.29 is 18.3 Å². The first-order valence-electron chi connectivity index (χ1n) is 8.07. The summed E-state index contributed by atoms with van der Waals surface area (Å²) in [4.78, 5) is 12.9. The van der Waals surface area contributed by atoms with Gasteiger partial charge in [0.1, 0.15) is 5.75 Å². The molecule has 0 bridgehead atoms. The molecule has 2 aromatic rings. The lowest BCUT2D eigenvalue weighted by Gasteiger charge is -2.30. The van der Waals surface area contributed by atoms with Crippen molar-refractivity contribution in [2.24, 2.45) is 0 Å². The second-order valence-electron chi connectivity index (χ2n) is 5.93. The van der Waals surface area contributed by atoms with Crippen LogP contribution in [0.5, 0.6) is 5.75 Å². The molecule has 1 aliphatic rings. The van der Waals surface area contributed by atoms with Gasteiger partial charge < -0.3 is 20.7 Å². The van der Waals surface area contributed by atoms with Crippen molar-refractivity contribution in [2.45, 2.75) is 13.0 Å². The van der Waals surface area contributed by atoms with Crippen molar-refractivity contribution in [1.82, 2.24) is 10.6 Å². The third-order valence-electron chi connectivity index (χ3n) is 4.12. The molecule has 3 N–H and O–H groups in total. The second-order valence-corrected chi connectivity index (χ2v) is 6.34. The van der Waals surface area contributed by atoms with Crippen LogP contribution in [-0.2, 0) is 4.79 Å². The average Bonchev–Trinajstić information content (AvgIpc) is 2.63. The average molecular weight is 389 g/mol. The van der Waals surface area contributed by atoms with Crippen LogP contribution < -0.4 is 20.7 Å². The molecule has 0 aliphatic carbocycles. The standard InChI is InChI=1S/C19H17F2N3O2S/c1-10-16(18(25)23-12-4-3-5-13(9-12)26-2)17(24-19(27)22-10)11-6-7-14(20)15(21)8-11/h3-9,17H,1-2H3,(H,23,25)(H2,22,24,27)/t17-/m0/s1. The van der Waals surface area contributed by atoms with E-state index in [1.54, 1.807) is 31.2 Å². The largest absolute Gasteiger partial charge is 0.497 e. The van der Waals surface area contributed by atoms with Gasteiger partial charge >= 0.3 is 0 Å². The molecule has 27 heavy (non-hydrogen) atoms. The van der Waals surface area contributed by atoms with Gasteiger partial charge in [-0.15, -0.1) is 0 Å². The van der Waals surface area contributed by atoms with Gasteiger partial charge in [-0.1, -0.05) is 12.1 Å². The van der Waals surface area contributed by atoms with Crippen LogP contribution in [0.4, 0.5) is 14.5 Å². The normalized spacial score (nSPS) is 16.4. The molecule has 1 heterocycles. The summed E-state index contributed by atoms with van der Waals surface area (Å²) in [5.74, 6) is -1.77. The number of hydrogen-bond acceptors (Lipinski definition) is 3. The molecule has 0 aromatic heterocycles. The maximum absolute atomic E-state index is 13.7. The molecule has 2 aromatic carbocycles. The minimum absolute atomic E-state index is 0.292. The van der Waals surface area contributed by atoms with E-state index in [9.17, 15) is 13.6 Å². The molecule has 0 radical (unpaired) electrons. The highest BCUT2D eigenvalue weighted by molar-refractivity contribution is 7.80. The Labute approximate surface area is 160 Å². The topological polar surface area (TPSA) is 62.4 Å². The lowest BCUT2D eigenvalue weighted by atomic mass is 9.94. The number of ether oxygens (including phenoxy) is 1. The van der Waals surface area contributed by atoms with Crippen molar-refractivity contribution in [1.29, 1.82) is 0 Å². The molecule has 1 atom stereocenters. The van der Waals surface area contributed by atoms with Crippen molar-refractivity contribution in [3.63, 3.8) is 0 Å². The van der Waals surface area contributed by atoms with Crippen molar-refractivity contribution >= 4 is 28.9 Å². The van der Waals surface area contributed by atoms with E-state index in [-0.39, 0.29) is 0 Å². The van der Waals surface area contributed by atoms with Gasteiger partial charge in [0.05, 0.1) is 18.7 Å². The van der Waals surface area contributed by atoms with Crippen LogP contribution in [-0.4, -0.2) is 18.1 Å². The van der Waals surface area contributed by atoms with E-state index in [2.05, 4.69) is 16.0 Å². The Morgan fingerprint density at radius 1 is 1.19 bits per heavy atom. The van der Waals surface area contributed by atoms with Gasteiger partial charge in [0, 0.05) is 17.5 Å². The van der Waals surface area contributed by atoms with Gasteiger partial charge in [-0.3, -0.25) is 4.79 Å². The number of allylic oxidation sites excluding steroid dienone is 1. The third-order valence-corrected chi connectivity index (χ3v) is 4.34. The number of hydrogen-bond donors (Lipinski definition) is 3. The molecular weight excluding hydrogens is 372 g/mol. The van der Waals surface area contributed by atoms with E-state index in [1.807, 2.05) is 0 Å². The molecular formula is C19H17F2N3O2S. The maximum atomic E-state index is 13.7. The Kier molecular flexibility index (Phi) is 5.36. The molecule has 0 unspecified atom stereocenters. The molecule has 1 amide bonds. The van der Waals surface area contributed by atoms with Crippen LogP contribution in [0.2, 0.25) is 0 Å². The van der Waals surface area contributed by atoms with Gasteiger partial charge in [-0.2, -0.15) is 0 Å². The fourth-order valence-electron chi connectivity index (χ4n) is 2.84. The third kappa shape index (κ3) is 4.06. The van der Waals surface area contributed by atoms with Crippen LogP contribution in [0, 0.1) is 11.6 Å². The predicted octanol–water partition coefficient (Wildman–Crippen LogP) is 3.40. The van der Waals surface area contributed by atoms with Gasteiger partial charge in [0.15, 0.2) is 16.7 Å². The zero-order valence-corrected chi connectivity index (χ0v) is 15.4. The fourth-order valence-corrected chi connectivity index (χ4v) is 3.11. The van der Waals surface area contributed by atoms with Crippen LogP contribution in [0.3, 0.4) is 0 Å². The zero-order valence-electron chi connectivity index (χ0n) is 14.6. The van der Waals surface area contributed by atoms with E-state index in [1.165, 1.54) is 13.2 Å². The number of anilines is 1. The Hall–Kier alpha value is -3.00. The summed E-state index contributed by atoms with van der Waals surface area (Å²) < 4.78 is 32.2. The minimum atomic E-state index is -0.996. The summed E-state index contributed by atoms with van der Waals surface area (Å²) in [6.07, 6.45) is 0. The summed E-state index contributed by atoms with van der Waals surface area (Å²) in [5, 5.41) is 8.91. The smallest absolute Gasteiger partial charge is 0.255 e. The second kappa shape index (κ2) is 7.71. The molecule has 0 saturated carbocycles. The number of thiocarbonyl (C=S) groups is 1. The molecule has 1 aliphatic heterocycles. The van der Waals surface area contributed by atoms with Crippen LogP contribution >= 0.6 is 12.2 Å². The Balaban J connectivity index is 1.95. The minimum Gasteiger partial charge on any atom is -0.497 e. The van der Waals surface area contributed by atoms with E-state index in [0.717, 1.165) is 12.1 Å². The number of halogens is 2. The van der Waals surface area contributed by atoms with Gasteiger partial charge in [-0.05, 0) is 49.0 Å². The first-order valence-corrected chi connectivity index (χ1v) is 8.48. The molecule has 0 saturated heterocycles. The van der Waals surface area contributed by atoms with Gasteiger partial charge in [-0.25, -0.2) is 8.78 Å². The summed E-state index contributed by atoms with van der Waals surface area (Å²) in [7, 11) is 1.53. The van der Waals surface area contributed by atoms with Crippen molar-refractivity contribution in [2.75, 3.05) is 12.4 Å². The Morgan fingerprint density at radius 2 is 1.96 bits per heavy atom. The summed E-state index contributed by atoms with van der Waals surface area (Å²) in [5.41, 5.74) is 1.76. The number of carbonyl (C=O) groups is 1. The first-order chi connectivity index (χ1) is 12.9. The molecule has 0 spiro atoms. The fraction of sp³-hybridized carbons (Fsp3) is 0.158. The first kappa shape index (κ1) is 18.8. The highest BCUT2D eigenvalue weighted by Crippen LogP contribution is 2.29. The Morgan fingerprint density at radius 3 is 2.67 bits per heavy atom. The highest BCUT2D eigenvalue weighted by Gasteiger charge is 2.30. The number of carbonyl (C=O) groups excluding carboxylic acids is 1. The summed E-state index contributed by atoms with van der Waals surface area (Å²) >= 11 is 5.15. The Bertz CT molecular complexity index is 946. The SMILES string of the molecule is COc1cccc(NC(=O)C2=C(C)NC(=S)N[C@H]2c2ccc(F)c(F)c2)c1. The van der Waals surface area contributed by atoms with E-state index < -0.39 is 23.6 Å². The molecule has 140 valence electrons. The monoisotopic (exact) mass is 389 g/mol. The summed E-state index contributed by atoms with van der Waals surface area (Å²) in [6, 6.07) is 9.65. The zero-order chi connectivity index (χ0) is 19.6. The number of rotatable bonds is 4. The van der Waals surface area contributed by atoms with Crippen LogP contribution in [0.1, 0.15) is 18.5 Å². The molecule has 5 nitrogen and oxygen atoms in total. The van der Waals surface area contributed by atoms with Crippen molar-refractivity contribution in [3.8, 4) is 5.75 Å². The number of amides is 1. The van der Waals surface area contributed by atoms with E-state index in [0.29, 0.717) is 33.4 Å². The van der Waals surface area contributed by atoms with Crippen LogP contribution in [0.25, 0.3) is 0 Å². The lowest BCUT2D eigenvalue weighted by molar-refractivity contribution is -0.113. The maximum Gasteiger partial charge on any atom is 0.255 e. The highest BCUT2D eigenvalue weighted by atomic mass is 32.1. The van der Waals surface area contributed by atoms with Crippen molar-refractivity contribution in [3.05, 3.63) is 70.9 Å².